The Morgan fingerprint density at radius 1 is 1.25 bits per heavy atom. The molecule has 0 bridgehead atoms. The van der Waals surface area contributed by atoms with Crippen molar-refractivity contribution in [3.8, 4) is 5.75 Å². The Bertz CT molecular complexity index is 325. The van der Waals surface area contributed by atoms with Gasteiger partial charge in [0.2, 0.25) is 0 Å². The zero-order valence-electron chi connectivity index (χ0n) is 10.3. The van der Waals surface area contributed by atoms with E-state index in [1.165, 1.54) is 0 Å². The molecule has 2 nitrogen and oxygen atoms in total. The summed E-state index contributed by atoms with van der Waals surface area (Å²) < 4.78 is 5.57. The highest BCUT2D eigenvalue weighted by Crippen LogP contribution is 2.14. The largest absolute Gasteiger partial charge is 0.494 e. The molecule has 0 unspecified atom stereocenters. The molecule has 88 valence electrons. The van der Waals surface area contributed by atoms with Crippen molar-refractivity contribution in [2.45, 2.75) is 33.6 Å². The lowest BCUT2D eigenvalue weighted by Gasteiger charge is -2.08. The zero-order chi connectivity index (χ0) is 12.0. The Hall–Kier alpha value is -1.31. The first-order valence-corrected chi connectivity index (χ1v) is 5.89. The van der Waals surface area contributed by atoms with E-state index in [0.29, 0.717) is 12.3 Å². The SMILES string of the molecule is CCC(=O)c1ccc(OCCC(C)C)cc1. The molecule has 0 saturated carbocycles. The first kappa shape index (κ1) is 12.8. The number of hydrogen-bond donors (Lipinski definition) is 0. The van der Waals surface area contributed by atoms with E-state index in [0.717, 1.165) is 24.3 Å². The molecule has 0 N–H and O–H groups in total. The summed E-state index contributed by atoms with van der Waals surface area (Å²) in [5.74, 6) is 1.67. The van der Waals surface area contributed by atoms with Gasteiger partial charge in [-0.15, -0.1) is 0 Å². The van der Waals surface area contributed by atoms with Gasteiger partial charge in [-0.25, -0.2) is 0 Å². The van der Waals surface area contributed by atoms with E-state index >= 15 is 0 Å². The maximum absolute atomic E-state index is 11.4. The lowest BCUT2D eigenvalue weighted by atomic mass is 10.1. The highest BCUT2D eigenvalue weighted by Gasteiger charge is 2.02. The predicted molar refractivity (Wildman–Crippen MR) is 66.0 cm³/mol. The van der Waals surface area contributed by atoms with Crippen molar-refractivity contribution in [2.75, 3.05) is 6.61 Å². The van der Waals surface area contributed by atoms with Gasteiger partial charge in [0, 0.05) is 12.0 Å². The molecule has 0 aliphatic carbocycles. The van der Waals surface area contributed by atoms with E-state index < -0.39 is 0 Å². The normalized spacial score (nSPS) is 10.5. The van der Waals surface area contributed by atoms with Gasteiger partial charge in [0.15, 0.2) is 5.78 Å². The van der Waals surface area contributed by atoms with Gasteiger partial charge in [-0.05, 0) is 36.6 Å². The van der Waals surface area contributed by atoms with E-state index in [1.807, 2.05) is 31.2 Å². The molecule has 0 amide bonds. The summed E-state index contributed by atoms with van der Waals surface area (Å²) in [6, 6.07) is 7.39. The highest BCUT2D eigenvalue weighted by molar-refractivity contribution is 5.95. The molecule has 0 aliphatic heterocycles. The highest BCUT2D eigenvalue weighted by atomic mass is 16.5. The van der Waals surface area contributed by atoms with Crippen LogP contribution in [0.1, 0.15) is 44.0 Å². The molecule has 0 aliphatic rings. The minimum absolute atomic E-state index is 0.175. The standard InChI is InChI=1S/C14H20O2/c1-4-14(15)12-5-7-13(8-6-12)16-10-9-11(2)3/h5-8,11H,4,9-10H2,1-3H3. The smallest absolute Gasteiger partial charge is 0.162 e. The summed E-state index contributed by atoms with van der Waals surface area (Å²) >= 11 is 0. The average molecular weight is 220 g/mol. The number of rotatable bonds is 6. The third kappa shape index (κ3) is 4.05. The van der Waals surface area contributed by atoms with Gasteiger partial charge in [-0.1, -0.05) is 20.8 Å². The molecule has 0 heterocycles. The molecule has 0 spiro atoms. The molecular formula is C14H20O2. The van der Waals surface area contributed by atoms with Crippen LogP contribution in [0.4, 0.5) is 0 Å². The molecular weight excluding hydrogens is 200 g/mol. The summed E-state index contributed by atoms with van der Waals surface area (Å²) in [7, 11) is 0. The van der Waals surface area contributed by atoms with Gasteiger partial charge < -0.3 is 4.74 Å². The second-order valence-electron chi connectivity index (χ2n) is 4.33. The van der Waals surface area contributed by atoms with Crippen molar-refractivity contribution in [3.05, 3.63) is 29.8 Å². The van der Waals surface area contributed by atoms with Crippen LogP contribution in [-0.4, -0.2) is 12.4 Å². The molecule has 1 rings (SSSR count). The zero-order valence-corrected chi connectivity index (χ0v) is 10.3. The number of hydrogen-bond acceptors (Lipinski definition) is 2. The number of ketones is 1. The molecule has 0 radical (unpaired) electrons. The van der Waals surface area contributed by atoms with Gasteiger partial charge in [-0.2, -0.15) is 0 Å². The van der Waals surface area contributed by atoms with Crippen LogP contribution in [0, 0.1) is 5.92 Å². The molecule has 0 atom stereocenters. The lowest BCUT2D eigenvalue weighted by molar-refractivity contribution is 0.0988. The summed E-state index contributed by atoms with van der Waals surface area (Å²) in [5.41, 5.74) is 0.763. The lowest BCUT2D eigenvalue weighted by Crippen LogP contribution is -2.02. The topological polar surface area (TPSA) is 26.3 Å². The molecule has 1 aromatic rings. The maximum atomic E-state index is 11.4. The fourth-order valence-corrected chi connectivity index (χ4v) is 1.35. The van der Waals surface area contributed by atoms with E-state index in [4.69, 9.17) is 4.74 Å². The maximum Gasteiger partial charge on any atom is 0.162 e. The van der Waals surface area contributed by atoms with Crippen LogP contribution in [0.5, 0.6) is 5.75 Å². The van der Waals surface area contributed by atoms with Crippen LogP contribution >= 0.6 is 0 Å². The number of ether oxygens (including phenoxy) is 1. The Kier molecular flexibility index (Phi) is 5.03. The fourth-order valence-electron chi connectivity index (χ4n) is 1.35. The second kappa shape index (κ2) is 6.31. The van der Waals surface area contributed by atoms with Crippen molar-refractivity contribution in [3.63, 3.8) is 0 Å². The van der Waals surface area contributed by atoms with Crippen molar-refractivity contribution < 1.29 is 9.53 Å². The minimum Gasteiger partial charge on any atom is -0.494 e. The van der Waals surface area contributed by atoms with Gasteiger partial charge in [-0.3, -0.25) is 4.79 Å². The van der Waals surface area contributed by atoms with Gasteiger partial charge >= 0.3 is 0 Å². The Morgan fingerprint density at radius 3 is 2.38 bits per heavy atom. The second-order valence-corrected chi connectivity index (χ2v) is 4.33. The van der Waals surface area contributed by atoms with Crippen LogP contribution in [0.3, 0.4) is 0 Å². The average Bonchev–Trinajstić information content (AvgIpc) is 2.28. The Labute approximate surface area is 97.6 Å². The van der Waals surface area contributed by atoms with Crippen molar-refractivity contribution >= 4 is 5.78 Å². The monoisotopic (exact) mass is 220 g/mol. The summed E-state index contributed by atoms with van der Waals surface area (Å²) in [5, 5.41) is 0. The van der Waals surface area contributed by atoms with Crippen molar-refractivity contribution in [1.82, 2.24) is 0 Å². The summed E-state index contributed by atoms with van der Waals surface area (Å²) in [6.45, 7) is 6.95. The Balaban J connectivity index is 2.48. The van der Waals surface area contributed by atoms with Gasteiger partial charge in [0.25, 0.3) is 0 Å². The number of carbonyl (C=O) groups is 1. The molecule has 0 saturated heterocycles. The molecule has 0 aromatic heterocycles. The molecule has 0 fully saturated rings. The first-order chi connectivity index (χ1) is 7.63. The number of carbonyl (C=O) groups excluding carboxylic acids is 1. The summed E-state index contributed by atoms with van der Waals surface area (Å²) in [6.07, 6.45) is 1.60. The third-order valence-corrected chi connectivity index (χ3v) is 2.46. The summed E-state index contributed by atoms with van der Waals surface area (Å²) in [4.78, 5) is 11.4. The van der Waals surface area contributed by atoms with Crippen LogP contribution in [0.15, 0.2) is 24.3 Å². The van der Waals surface area contributed by atoms with Crippen LogP contribution in [0.2, 0.25) is 0 Å². The number of Topliss-reactive ketones (excluding diaryl/α,β-unsaturated/α-hetero) is 1. The van der Waals surface area contributed by atoms with E-state index in [-0.39, 0.29) is 5.78 Å². The predicted octanol–water partition coefficient (Wildman–Crippen LogP) is 3.70. The molecule has 16 heavy (non-hydrogen) atoms. The van der Waals surface area contributed by atoms with Crippen LogP contribution < -0.4 is 4.74 Å². The molecule has 1 aromatic carbocycles. The van der Waals surface area contributed by atoms with Crippen LogP contribution in [-0.2, 0) is 0 Å². The van der Waals surface area contributed by atoms with Gasteiger partial charge in [0.1, 0.15) is 5.75 Å². The first-order valence-electron chi connectivity index (χ1n) is 5.89. The third-order valence-electron chi connectivity index (χ3n) is 2.46. The minimum atomic E-state index is 0.175. The van der Waals surface area contributed by atoms with Crippen LogP contribution in [0.25, 0.3) is 0 Å². The van der Waals surface area contributed by atoms with E-state index in [9.17, 15) is 4.79 Å². The van der Waals surface area contributed by atoms with Crippen molar-refractivity contribution in [1.29, 1.82) is 0 Å². The van der Waals surface area contributed by atoms with Crippen molar-refractivity contribution in [2.24, 2.45) is 5.92 Å². The van der Waals surface area contributed by atoms with E-state index in [1.54, 1.807) is 0 Å². The quantitative estimate of drug-likeness (QED) is 0.683. The number of benzene rings is 1. The molecule has 2 heteroatoms. The Morgan fingerprint density at radius 2 is 1.88 bits per heavy atom. The fraction of sp³-hybridized carbons (Fsp3) is 0.500. The van der Waals surface area contributed by atoms with E-state index in [2.05, 4.69) is 13.8 Å². The van der Waals surface area contributed by atoms with Gasteiger partial charge in [0.05, 0.1) is 6.61 Å².